The molecule has 0 radical (unpaired) electrons. The first-order valence-corrected chi connectivity index (χ1v) is 58.8. The van der Waals surface area contributed by atoms with Crippen molar-refractivity contribution in [3.63, 3.8) is 0 Å². The van der Waals surface area contributed by atoms with Crippen LogP contribution in [0.4, 0.5) is 57.1 Å². The minimum Gasteiger partial charge on any atom is -0.481 e. The molecule has 0 spiro atoms. The van der Waals surface area contributed by atoms with Gasteiger partial charge in [-0.1, -0.05) is 76.2 Å². The molecule has 0 aromatic rings. The number of hydrogen-bond acceptors (Lipinski definition) is 15. The van der Waals surface area contributed by atoms with Gasteiger partial charge in [-0.05, 0) is 304 Å². The molecule has 13 N–H and O–H groups in total. The largest absolute Gasteiger partial charge is 0.481 e. The third-order valence-corrected chi connectivity index (χ3v) is 44.6. The summed E-state index contributed by atoms with van der Waals surface area (Å²) in [6.07, 6.45) is 6.13. The number of ether oxygens (including phenoxy) is 1. The van der Waals surface area contributed by atoms with Gasteiger partial charge in [-0.2, -0.15) is 0 Å². The first-order valence-electron chi connectivity index (χ1n) is 51.2. The van der Waals surface area contributed by atoms with Gasteiger partial charge in [-0.25, -0.2) is 98.0 Å². The topological polar surface area (TPSA) is 472 Å². The highest BCUT2D eigenvalue weighted by Gasteiger charge is 2.77. The zero-order valence-electron chi connectivity index (χ0n) is 82.9. The molecule has 0 aliphatic heterocycles. The van der Waals surface area contributed by atoms with Gasteiger partial charge in [0.25, 0.3) is 11.8 Å². The molecule has 0 saturated heterocycles. The van der Waals surface area contributed by atoms with Crippen LogP contribution in [0.1, 0.15) is 333 Å². The quantitative estimate of drug-likeness (QED) is 0.0157. The number of halogens is 13. The van der Waals surface area contributed by atoms with Crippen molar-refractivity contribution in [1.82, 2.24) is 0 Å². The average molecular weight is 2160 g/mol. The first-order chi connectivity index (χ1) is 64.7. The van der Waals surface area contributed by atoms with Crippen molar-refractivity contribution in [2.45, 2.75) is 386 Å². The Balaban J connectivity index is 0.000000159. The maximum absolute atomic E-state index is 16.9. The number of fused-ring (bicyclic) bond motifs is 20. The van der Waals surface area contributed by atoms with Crippen LogP contribution in [-0.2, 0) is 69.4 Å². The van der Waals surface area contributed by atoms with Gasteiger partial charge < -0.3 is 69.0 Å². The molecule has 0 heterocycles. The number of carbonyl (C=O) groups excluding carboxylic acids is 1. The molecule has 16 fully saturated rings. The fraction of sp³-hybridized carbons (Fsp3) is 0.958. The fourth-order valence-corrected chi connectivity index (χ4v) is 38.0. The summed E-state index contributed by atoms with van der Waals surface area (Å²) < 4.78 is 284. The second-order valence-electron chi connectivity index (χ2n) is 49.2. The molecule has 35 atom stereocenters. The zero-order chi connectivity index (χ0) is 106. The second-order valence-corrected chi connectivity index (χ2v) is 55.1. The fourth-order valence-electron chi connectivity index (χ4n) is 35.4. The summed E-state index contributed by atoms with van der Waals surface area (Å²) >= 11 is 0. The van der Waals surface area contributed by atoms with E-state index in [0.717, 1.165) is 25.7 Å². The second kappa shape index (κ2) is 40.4. The van der Waals surface area contributed by atoms with Crippen LogP contribution in [0.15, 0.2) is 0 Å². The number of carbonyl (C=O) groups is 4. The smallest absolute Gasteiger partial charge is 0.472 e. The summed E-state index contributed by atoms with van der Waals surface area (Å²) in [5.74, 6) is -35.4. The van der Waals surface area contributed by atoms with Crippen molar-refractivity contribution < 1.29 is 191 Å². The van der Waals surface area contributed by atoms with E-state index in [0.29, 0.717) is 96.3 Å². The molecule has 820 valence electrons. The number of esters is 1. The Labute approximate surface area is 822 Å². The van der Waals surface area contributed by atoms with Crippen LogP contribution in [0, 0.1) is 179 Å². The van der Waals surface area contributed by atoms with Crippen molar-refractivity contribution in [2.24, 2.45) is 179 Å². The Hall–Kier alpha value is -2.48. The maximum atomic E-state index is 16.9. The SMILES string of the molecule is CC(CCC(=O)O)C1CCC2C3C(CCC12C)C1(C)CCC(F)(F)CC1CC3(F)OP(=O)(O)O.CC(CCC(=O)O)C1CCC2C3C(CCC12C)C1(C)CCC(F)(OP(=O)(O)O)CC1CC3(F)F.CC(CCC(=O)OCOP(=O)(O)O)C1CCC2C3C(CCC12C)C1(C)CCC(F)(F)CC1CC3(F)OP(=O)(O)O.CC12CCC(F)(F)CC1CC(F)(F)C1C2CC(OP(=O)(O)O)C2(C)C(CCCC(=O)O)CCC12. The summed E-state index contributed by atoms with van der Waals surface area (Å²) in [6, 6.07) is 0. The number of carboxylic acids is 3. The summed E-state index contributed by atoms with van der Waals surface area (Å²) in [4.78, 5) is 139. The van der Waals surface area contributed by atoms with Crippen LogP contribution < -0.4 is 0 Å². The Kier molecular flexibility index (Phi) is 33.2. The van der Waals surface area contributed by atoms with Crippen molar-refractivity contribution in [1.29, 1.82) is 0 Å². The normalized spacial score (nSPS) is 45.0. The number of phosphoric acid groups is 5. The minimum atomic E-state index is -5.27. The van der Waals surface area contributed by atoms with Gasteiger partial charge in [0.2, 0.25) is 42.1 Å². The Morgan fingerprint density at radius 3 is 1.04 bits per heavy atom. The van der Waals surface area contributed by atoms with Crippen LogP contribution in [0.5, 0.6) is 0 Å². The molecule has 16 aliphatic rings. The van der Waals surface area contributed by atoms with E-state index in [1.165, 1.54) is 0 Å². The molecule has 0 bridgehead atoms. The molecule has 35 unspecified atom stereocenters. The predicted octanol–water partition coefficient (Wildman–Crippen LogP) is 23.9. The van der Waals surface area contributed by atoms with Crippen molar-refractivity contribution in [3.05, 3.63) is 0 Å². The molecule has 0 aromatic carbocycles. The highest BCUT2D eigenvalue weighted by molar-refractivity contribution is 7.47. The third-order valence-electron chi connectivity index (χ3n) is 42.0. The van der Waals surface area contributed by atoms with Gasteiger partial charge in [0.05, 0.1) is 6.10 Å². The summed E-state index contributed by atoms with van der Waals surface area (Å²) in [5, 5.41) is 27.2. The number of hydrogen-bond donors (Lipinski definition) is 13. The lowest BCUT2D eigenvalue weighted by atomic mass is 9.43. The number of aliphatic carboxylic acids is 3. The standard InChI is InChI=1S/C25H41F3O10P2.2C24H38F3O6P.C23H35F4O6P/c1-15(4-7-20(29)36-14-37-39(30,31)32)17-5-6-18-21-19(8-9-23(17,18)3)22(2)10-11-24(26,27)12-16(22)13-25(21,28)38-40(33,34)35;1-14(4-7-19(28)29)16-5-6-17-20-18(8-9-22(16,17)3)21(2)10-11-23(25,33-34(30,31)32)12-15(21)13-24(20,26)27;1-14(4-7-19(28)29)16-5-6-17-20-18(8-9-22(16,17)3)21(2)10-11-23(25,26)12-15(21)13-24(20,27)33-34(30,31)32;1-20-8-9-22(24,25)11-14(20)12-23(26,27)19-15-7-6-13(4-3-5-18(28)29)21(15,2)17(10-16(19)20)33-34(30,31)32/h15-19,21H,4-14H2,1-3H3,(H2,30,31,32)(H2,33,34,35);2*14-18,20H,4-13H2,1-3H3,(H,28,29)(H2,30,31,32);13-17,19H,3-12H2,1-2H3,(H,28,29)(H2,30,31,32). The molecular weight excluding hydrogens is 2000 g/mol. The van der Waals surface area contributed by atoms with Gasteiger partial charge >= 0.3 is 63.0 Å². The summed E-state index contributed by atoms with van der Waals surface area (Å²) in [5.41, 5.74) is -4.43. The minimum absolute atomic E-state index is 0.0150. The van der Waals surface area contributed by atoms with Crippen LogP contribution >= 0.6 is 39.1 Å². The molecule has 16 saturated carbocycles. The van der Waals surface area contributed by atoms with Crippen LogP contribution in [-0.4, -0.2) is 148 Å². The van der Waals surface area contributed by atoms with E-state index in [1.54, 1.807) is 13.8 Å². The lowest BCUT2D eigenvalue weighted by Gasteiger charge is -2.64. The molecule has 142 heavy (non-hydrogen) atoms. The highest BCUT2D eigenvalue weighted by atomic mass is 31.2. The van der Waals surface area contributed by atoms with Crippen LogP contribution in [0.3, 0.4) is 0 Å². The Morgan fingerprint density at radius 1 is 0.338 bits per heavy atom. The van der Waals surface area contributed by atoms with E-state index in [-0.39, 0.29) is 171 Å². The average Bonchev–Trinajstić information content (AvgIpc) is 1.38. The van der Waals surface area contributed by atoms with E-state index in [2.05, 4.69) is 29.8 Å². The van der Waals surface area contributed by atoms with E-state index >= 15 is 30.7 Å². The van der Waals surface area contributed by atoms with E-state index < -0.39 is 266 Å². The van der Waals surface area contributed by atoms with Gasteiger partial charge in [0.1, 0.15) is 0 Å². The van der Waals surface area contributed by atoms with Crippen LogP contribution in [0.2, 0.25) is 0 Å². The number of carboxylic acid groups (broad SMARTS) is 3. The Bertz CT molecular complexity index is 4820. The van der Waals surface area contributed by atoms with Crippen LogP contribution in [0.25, 0.3) is 0 Å². The van der Waals surface area contributed by atoms with Crippen molar-refractivity contribution in [3.8, 4) is 0 Å². The first kappa shape index (κ1) is 117. The van der Waals surface area contributed by atoms with E-state index in [9.17, 15) is 97.7 Å². The lowest BCUT2D eigenvalue weighted by Crippen LogP contribution is -2.64. The molecule has 0 aromatic heterocycles. The zero-order valence-corrected chi connectivity index (χ0v) is 87.4. The monoisotopic (exact) mass is 2150 g/mol. The summed E-state index contributed by atoms with van der Waals surface area (Å²) in [7, 11) is -25.3. The lowest BCUT2D eigenvalue weighted by molar-refractivity contribution is -0.272. The number of rotatable bonds is 27. The van der Waals surface area contributed by atoms with Gasteiger partial charge in [-0.15, -0.1) is 0 Å². The van der Waals surface area contributed by atoms with Crippen molar-refractivity contribution >= 4 is 63.0 Å². The van der Waals surface area contributed by atoms with E-state index in [4.69, 9.17) is 53.2 Å². The predicted molar refractivity (Wildman–Crippen MR) is 486 cm³/mol. The number of phosphoric ester groups is 5. The molecule has 16 aliphatic carbocycles. The molecule has 46 heteroatoms. The Morgan fingerprint density at radius 2 is 0.669 bits per heavy atom. The van der Waals surface area contributed by atoms with E-state index in [1.807, 2.05) is 41.5 Å². The molecule has 28 nitrogen and oxygen atoms in total. The molecule has 16 rings (SSSR count). The highest BCUT2D eigenvalue weighted by Crippen LogP contribution is 2.80. The van der Waals surface area contributed by atoms with Gasteiger partial charge in [-0.3, -0.25) is 23.7 Å². The van der Waals surface area contributed by atoms with Crippen molar-refractivity contribution in [2.75, 3.05) is 6.79 Å². The molecular formula is C96H152F13O28P5. The number of alkyl halides is 13. The summed E-state index contributed by atoms with van der Waals surface area (Å²) in [6.45, 7) is 20.9. The maximum Gasteiger partial charge on any atom is 0.472 e. The third kappa shape index (κ3) is 23.7. The van der Waals surface area contributed by atoms with Gasteiger partial charge in [0, 0.05) is 132 Å². The molecule has 0 amide bonds. The van der Waals surface area contributed by atoms with Gasteiger partial charge in [0.15, 0.2) is 0 Å².